The lowest BCUT2D eigenvalue weighted by atomic mass is 10.2. The normalized spacial score (nSPS) is 22.4. The van der Waals surface area contributed by atoms with E-state index in [4.69, 9.17) is 4.42 Å². The number of furan rings is 1. The third-order valence-corrected chi connectivity index (χ3v) is 7.76. The minimum Gasteiger partial charge on any atom is -0.461 e. The molecule has 2 aliphatic rings. The molecule has 172 valence electrons. The van der Waals surface area contributed by atoms with E-state index in [1.54, 1.807) is 6.08 Å². The summed E-state index contributed by atoms with van der Waals surface area (Å²) < 4.78 is 71.2. The molecule has 1 amide bonds. The zero-order valence-electron chi connectivity index (χ0n) is 17.4. The van der Waals surface area contributed by atoms with Crippen molar-refractivity contribution in [2.45, 2.75) is 30.3 Å². The molecule has 1 aliphatic heterocycles. The Morgan fingerprint density at radius 3 is 2.44 bits per heavy atom. The second kappa shape index (κ2) is 8.40. The van der Waals surface area contributed by atoms with Crippen LogP contribution in [-0.4, -0.2) is 49.7 Å². The molecule has 2 unspecified atom stereocenters. The highest BCUT2D eigenvalue weighted by molar-refractivity contribution is 7.89. The van der Waals surface area contributed by atoms with Crippen LogP contribution in [0.3, 0.4) is 0 Å². The van der Waals surface area contributed by atoms with Crippen LogP contribution in [0.15, 0.2) is 51.8 Å². The molecule has 0 radical (unpaired) electrons. The van der Waals surface area contributed by atoms with Gasteiger partial charge in [0, 0.05) is 38.2 Å². The smallest absolute Gasteiger partial charge is 0.416 e. The topological polar surface area (TPSA) is 70.8 Å². The SMILES string of the molecule is CC1CC1c1ccc(C=CC(=O)N2CCN(S(=O)(=O)c3cccc(C(F)(F)F)c3)CC2)o1. The van der Waals surface area contributed by atoms with Gasteiger partial charge < -0.3 is 9.32 Å². The van der Waals surface area contributed by atoms with Crippen LogP contribution in [0, 0.1) is 5.92 Å². The summed E-state index contributed by atoms with van der Waals surface area (Å²) in [7, 11) is -4.09. The van der Waals surface area contributed by atoms with Crippen LogP contribution < -0.4 is 0 Å². The summed E-state index contributed by atoms with van der Waals surface area (Å²) in [5, 5.41) is 0. The molecule has 1 aromatic heterocycles. The standard InChI is InChI=1S/C22H23F3N2O4S/c1-15-13-19(15)20-7-5-17(31-20)6-8-21(28)26-9-11-27(12-10-26)32(29,30)18-4-2-3-16(14-18)22(23,24)25/h2-8,14-15,19H,9-13H2,1H3. The van der Waals surface area contributed by atoms with Gasteiger partial charge in [-0.05, 0) is 48.7 Å². The third-order valence-electron chi connectivity index (χ3n) is 5.86. The quantitative estimate of drug-likeness (QED) is 0.623. The fraction of sp³-hybridized carbons (Fsp3) is 0.409. The first-order chi connectivity index (χ1) is 15.1. The molecule has 1 saturated heterocycles. The van der Waals surface area contributed by atoms with Gasteiger partial charge in [0.2, 0.25) is 15.9 Å². The van der Waals surface area contributed by atoms with Gasteiger partial charge in [0.25, 0.3) is 0 Å². The Balaban J connectivity index is 1.36. The molecule has 6 nitrogen and oxygen atoms in total. The summed E-state index contributed by atoms with van der Waals surface area (Å²) in [6.07, 6.45) is -0.557. The number of rotatable bonds is 5. The maximum Gasteiger partial charge on any atom is 0.416 e. The number of alkyl halides is 3. The average Bonchev–Trinajstić information content (AvgIpc) is 3.31. The summed E-state index contributed by atoms with van der Waals surface area (Å²) in [5.74, 6) is 2.28. The maximum atomic E-state index is 12.9. The predicted molar refractivity (Wildman–Crippen MR) is 111 cm³/mol. The summed E-state index contributed by atoms with van der Waals surface area (Å²) in [4.78, 5) is 13.6. The number of piperazine rings is 1. The molecule has 2 atom stereocenters. The molecule has 0 bridgehead atoms. The monoisotopic (exact) mass is 468 g/mol. The van der Waals surface area contributed by atoms with Crippen molar-refractivity contribution < 1.29 is 30.8 Å². The molecular weight excluding hydrogens is 445 g/mol. The largest absolute Gasteiger partial charge is 0.461 e. The van der Waals surface area contributed by atoms with Gasteiger partial charge in [-0.15, -0.1) is 0 Å². The molecule has 10 heteroatoms. The first kappa shape index (κ1) is 22.6. The highest BCUT2D eigenvalue weighted by atomic mass is 32.2. The Bertz CT molecular complexity index is 1130. The Morgan fingerprint density at radius 2 is 1.81 bits per heavy atom. The number of halogens is 3. The molecule has 1 saturated carbocycles. The van der Waals surface area contributed by atoms with E-state index in [1.165, 1.54) is 11.0 Å². The second-order valence-corrected chi connectivity index (χ2v) is 10.1. The number of hydrogen-bond acceptors (Lipinski definition) is 4. The van der Waals surface area contributed by atoms with Crippen molar-refractivity contribution in [1.29, 1.82) is 0 Å². The zero-order valence-corrected chi connectivity index (χ0v) is 18.2. The molecule has 2 fully saturated rings. The molecule has 32 heavy (non-hydrogen) atoms. The van der Waals surface area contributed by atoms with Crippen LogP contribution >= 0.6 is 0 Å². The van der Waals surface area contributed by atoms with Gasteiger partial charge in [-0.2, -0.15) is 17.5 Å². The number of carbonyl (C=O) groups excluding carboxylic acids is 1. The minimum absolute atomic E-state index is 0.00261. The lowest BCUT2D eigenvalue weighted by Crippen LogP contribution is -2.50. The van der Waals surface area contributed by atoms with Crippen LogP contribution in [0.2, 0.25) is 0 Å². The number of hydrogen-bond donors (Lipinski definition) is 0. The van der Waals surface area contributed by atoms with E-state index in [2.05, 4.69) is 6.92 Å². The van der Waals surface area contributed by atoms with Crippen molar-refractivity contribution in [3.05, 3.63) is 59.6 Å². The van der Waals surface area contributed by atoms with Crippen molar-refractivity contribution >= 4 is 22.0 Å². The third kappa shape index (κ3) is 4.75. The van der Waals surface area contributed by atoms with E-state index < -0.39 is 26.7 Å². The van der Waals surface area contributed by atoms with Gasteiger partial charge in [-0.1, -0.05) is 13.0 Å². The molecule has 0 spiro atoms. The summed E-state index contributed by atoms with van der Waals surface area (Å²) >= 11 is 0. The lowest BCUT2D eigenvalue weighted by molar-refractivity contribution is -0.137. The van der Waals surface area contributed by atoms with E-state index in [-0.39, 0.29) is 32.1 Å². The van der Waals surface area contributed by atoms with E-state index in [1.807, 2.05) is 12.1 Å². The maximum absolute atomic E-state index is 12.9. The number of nitrogens with zero attached hydrogens (tertiary/aromatic N) is 2. The lowest BCUT2D eigenvalue weighted by Gasteiger charge is -2.33. The van der Waals surface area contributed by atoms with Crippen LogP contribution in [0.25, 0.3) is 6.08 Å². The Morgan fingerprint density at radius 1 is 1.12 bits per heavy atom. The molecule has 1 aromatic carbocycles. The van der Waals surface area contributed by atoms with Gasteiger partial charge in [-0.3, -0.25) is 4.79 Å². The summed E-state index contributed by atoms with van der Waals surface area (Å²) in [6, 6.07) is 7.40. The average molecular weight is 468 g/mol. The van der Waals surface area contributed by atoms with Crippen molar-refractivity contribution in [2.75, 3.05) is 26.2 Å². The molecule has 4 rings (SSSR count). The van der Waals surface area contributed by atoms with Crippen molar-refractivity contribution in [3.63, 3.8) is 0 Å². The molecule has 0 N–H and O–H groups in total. The molecule has 1 aliphatic carbocycles. The molecule has 2 heterocycles. The van der Waals surface area contributed by atoms with Crippen LogP contribution in [0.5, 0.6) is 0 Å². The van der Waals surface area contributed by atoms with Crippen LogP contribution in [-0.2, 0) is 21.0 Å². The fourth-order valence-corrected chi connectivity index (χ4v) is 5.23. The number of sulfonamides is 1. The molecular formula is C22H23F3N2O4S. The van der Waals surface area contributed by atoms with Gasteiger partial charge >= 0.3 is 6.18 Å². The minimum atomic E-state index is -4.63. The Hall–Kier alpha value is -2.59. The number of amides is 1. The first-order valence-electron chi connectivity index (χ1n) is 10.3. The summed E-state index contributed by atoms with van der Waals surface area (Å²) in [6.45, 7) is 2.44. The number of benzene rings is 1. The van der Waals surface area contributed by atoms with Gasteiger partial charge in [-0.25, -0.2) is 8.42 Å². The second-order valence-electron chi connectivity index (χ2n) is 8.15. The Kier molecular flexibility index (Phi) is 5.93. The van der Waals surface area contributed by atoms with Crippen molar-refractivity contribution in [1.82, 2.24) is 9.21 Å². The number of carbonyl (C=O) groups is 1. The van der Waals surface area contributed by atoms with Crippen LogP contribution in [0.1, 0.15) is 36.3 Å². The van der Waals surface area contributed by atoms with E-state index in [0.717, 1.165) is 34.7 Å². The highest BCUT2D eigenvalue weighted by Crippen LogP contribution is 2.47. The van der Waals surface area contributed by atoms with Gasteiger partial charge in [0.1, 0.15) is 11.5 Å². The Labute approximate surface area is 184 Å². The van der Waals surface area contributed by atoms with E-state index in [0.29, 0.717) is 23.7 Å². The van der Waals surface area contributed by atoms with E-state index in [9.17, 15) is 26.4 Å². The first-order valence-corrected chi connectivity index (χ1v) is 11.7. The fourth-order valence-electron chi connectivity index (χ4n) is 3.77. The van der Waals surface area contributed by atoms with Gasteiger partial charge in [0.05, 0.1) is 10.5 Å². The van der Waals surface area contributed by atoms with Crippen molar-refractivity contribution in [2.24, 2.45) is 5.92 Å². The predicted octanol–water partition coefficient (Wildman–Crippen LogP) is 3.97. The molecule has 2 aromatic rings. The summed E-state index contributed by atoms with van der Waals surface area (Å²) in [5.41, 5.74) is -1.02. The highest BCUT2D eigenvalue weighted by Gasteiger charge is 2.37. The van der Waals surface area contributed by atoms with E-state index >= 15 is 0 Å². The van der Waals surface area contributed by atoms with Crippen molar-refractivity contribution in [3.8, 4) is 0 Å². The van der Waals surface area contributed by atoms with Gasteiger partial charge in [0.15, 0.2) is 0 Å². The van der Waals surface area contributed by atoms with Crippen LogP contribution in [0.4, 0.5) is 13.2 Å². The zero-order chi connectivity index (χ0) is 23.1.